The summed E-state index contributed by atoms with van der Waals surface area (Å²) in [4.78, 5) is 2.33. The van der Waals surface area contributed by atoms with Crippen LogP contribution in [0.15, 0.2) is 197 Å². The Morgan fingerprint density at radius 3 is 1.57 bits per heavy atom. The Hall–Kier alpha value is -6.84. The van der Waals surface area contributed by atoms with Gasteiger partial charge in [-0.05, 0) is 58.7 Å². The highest BCUT2D eigenvalue weighted by molar-refractivity contribution is 6.19. The molecule has 3 nitrogen and oxygen atoms in total. The molecule has 0 aliphatic carbocycles. The summed E-state index contributed by atoms with van der Waals surface area (Å²) in [6.45, 7) is 0. The van der Waals surface area contributed by atoms with E-state index in [1.165, 1.54) is 5.56 Å². The van der Waals surface area contributed by atoms with Gasteiger partial charge in [0, 0.05) is 33.0 Å². The SMILES string of the molecule is c1ccc(-c2ccc(N(c3cccc4c3oc3c(-c5ccccc5)cccc34)c3ccc(-c4ccccc4)c4oc5ccccc5c34)cc2)cc1. The summed E-state index contributed by atoms with van der Waals surface area (Å²) in [5.41, 5.74) is 13.1. The van der Waals surface area contributed by atoms with Gasteiger partial charge in [0.1, 0.15) is 16.7 Å². The molecule has 0 bridgehead atoms. The molecule has 0 radical (unpaired) electrons. The van der Waals surface area contributed by atoms with Gasteiger partial charge in [-0.3, -0.25) is 0 Å². The maximum atomic E-state index is 7.00. The molecule has 0 unspecified atom stereocenters. The maximum absolute atomic E-state index is 7.00. The minimum atomic E-state index is 0.830. The zero-order chi connectivity index (χ0) is 33.7. The van der Waals surface area contributed by atoms with Crippen LogP contribution in [0.1, 0.15) is 0 Å². The molecule has 0 aliphatic heterocycles. The first kappa shape index (κ1) is 29.1. The zero-order valence-electron chi connectivity index (χ0n) is 27.7. The van der Waals surface area contributed by atoms with Crippen molar-refractivity contribution in [3.8, 4) is 33.4 Å². The van der Waals surface area contributed by atoms with E-state index in [0.29, 0.717) is 0 Å². The second-order valence-electron chi connectivity index (χ2n) is 12.9. The molecule has 0 aliphatic rings. The normalized spacial score (nSPS) is 11.5. The van der Waals surface area contributed by atoms with Crippen molar-refractivity contribution >= 4 is 60.9 Å². The second-order valence-corrected chi connectivity index (χ2v) is 12.9. The van der Waals surface area contributed by atoms with E-state index in [1.807, 2.05) is 18.2 Å². The van der Waals surface area contributed by atoms with Crippen molar-refractivity contribution in [2.24, 2.45) is 0 Å². The van der Waals surface area contributed by atoms with Gasteiger partial charge in [-0.25, -0.2) is 0 Å². The maximum Gasteiger partial charge on any atom is 0.159 e. The fraction of sp³-hybridized carbons (Fsp3) is 0. The number of hydrogen-bond donors (Lipinski definition) is 0. The predicted molar refractivity (Wildman–Crippen MR) is 212 cm³/mol. The van der Waals surface area contributed by atoms with Crippen LogP contribution in [0.3, 0.4) is 0 Å². The summed E-state index contributed by atoms with van der Waals surface area (Å²) in [5, 5.41) is 4.28. The van der Waals surface area contributed by atoms with Crippen molar-refractivity contribution in [3.05, 3.63) is 188 Å². The van der Waals surface area contributed by atoms with E-state index in [4.69, 9.17) is 8.83 Å². The molecule has 0 saturated heterocycles. The van der Waals surface area contributed by atoms with Gasteiger partial charge < -0.3 is 13.7 Å². The number of hydrogen-bond acceptors (Lipinski definition) is 3. The monoisotopic (exact) mass is 653 g/mol. The molecule has 0 atom stereocenters. The van der Waals surface area contributed by atoms with Crippen molar-refractivity contribution < 1.29 is 8.83 Å². The van der Waals surface area contributed by atoms with Crippen molar-refractivity contribution in [2.75, 3.05) is 4.90 Å². The van der Waals surface area contributed by atoms with Crippen molar-refractivity contribution in [1.82, 2.24) is 0 Å². The number of rotatable bonds is 6. The Balaban J connectivity index is 1.27. The fourth-order valence-corrected chi connectivity index (χ4v) is 7.51. The van der Waals surface area contributed by atoms with Crippen LogP contribution in [0.4, 0.5) is 17.1 Å². The van der Waals surface area contributed by atoms with Crippen molar-refractivity contribution in [3.63, 3.8) is 0 Å². The summed E-state index contributed by atoms with van der Waals surface area (Å²) in [5.74, 6) is 0. The zero-order valence-corrected chi connectivity index (χ0v) is 27.7. The van der Waals surface area contributed by atoms with Crippen LogP contribution in [-0.4, -0.2) is 0 Å². The van der Waals surface area contributed by atoms with E-state index in [0.717, 1.165) is 88.8 Å². The molecule has 0 saturated carbocycles. The van der Waals surface area contributed by atoms with Crippen LogP contribution in [0, 0.1) is 0 Å². The lowest BCUT2D eigenvalue weighted by Gasteiger charge is -2.27. The highest BCUT2D eigenvalue weighted by Crippen LogP contribution is 2.49. The number of para-hydroxylation sites is 3. The van der Waals surface area contributed by atoms with Crippen LogP contribution in [-0.2, 0) is 0 Å². The van der Waals surface area contributed by atoms with Gasteiger partial charge in [-0.1, -0.05) is 152 Å². The van der Waals surface area contributed by atoms with Crippen LogP contribution < -0.4 is 4.90 Å². The average Bonchev–Trinajstić information content (AvgIpc) is 3.79. The van der Waals surface area contributed by atoms with Crippen molar-refractivity contribution in [2.45, 2.75) is 0 Å². The molecule has 0 amide bonds. The molecule has 0 fully saturated rings. The first-order valence-corrected chi connectivity index (χ1v) is 17.3. The van der Waals surface area contributed by atoms with Gasteiger partial charge in [-0.15, -0.1) is 0 Å². The summed E-state index contributed by atoms with van der Waals surface area (Å²) in [7, 11) is 0. The molecule has 2 aromatic heterocycles. The topological polar surface area (TPSA) is 29.5 Å². The second kappa shape index (κ2) is 11.9. The van der Waals surface area contributed by atoms with Gasteiger partial charge in [0.25, 0.3) is 0 Å². The number of furan rings is 2. The summed E-state index contributed by atoms with van der Waals surface area (Å²) in [6.07, 6.45) is 0. The Kier molecular flexibility index (Phi) is 6.81. The summed E-state index contributed by atoms with van der Waals surface area (Å²) < 4.78 is 13.7. The number of benzene rings is 8. The third kappa shape index (κ3) is 4.82. The minimum Gasteiger partial charge on any atom is -0.455 e. The van der Waals surface area contributed by atoms with E-state index in [2.05, 4.69) is 175 Å². The summed E-state index contributed by atoms with van der Waals surface area (Å²) >= 11 is 0. The highest BCUT2D eigenvalue weighted by Gasteiger charge is 2.25. The minimum absolute atomic E-state index is 0.830. The predicted octanol–water partition coefficient (Wildman–Crippen LogP) is 14.0. The molecule has 0 spiro atoms. The lowest BCUT2D eigenvalue weighted by Crippen LogP contribution is -2.10. The van der Waals surface area contributed by atoms with Crippen LogP contribution in [0.2, 0.25) is 0 Å². The smallest absolute Gasteiger partial charge is 0.159 e. The van der Waals surface area contributed by atoms with E-state index in [9.17, 15) is 0 Å². The molecule has 10 aromatic rings. The van der Waals surface area contributed by atoms with Crippen LogP contribution >= 0.6 is 0 Å². The third-order valence-corrected chi connectivity index (χ3v) is 9.89. The first-order valence-electron chi connectivity index (χ1n) is 17.3. The van der Waals surface area contributed by atoms with Gasteiger partial charge in [-0.2, -0.15) is 0 Å². The third-order valence-electron chi connectivity index (χ3n) is 9.89. The van der Waals surface area contributed by atoms with Gasteiger partial charge in [0.15, 0.2) is 5.58 Å². The van der Waals surface area contributed by atoms with E-state index in [1.54, 1.807) is 0 Å². The Labute approximate surface area is 295 Å². The molecule has 51 heavy (non-hydrogen) atoms. The van der Waals surface area contributed by atoms with Crippen LogP contribution in [0.5, 0.6) is 0 Å². The van der Waals surface area contributed by atoms with Crippen LogP contribution in [0.25, 0.3) is 77.3 Å². The Bertz CT molecular complexity index is 2830. The fourth-order valence-electron chi connectivity index (χ4n) is 7.51. The quantitative estimate of drug-likeness (QED) is 0.179. The standard InChI is InChI=1S/C48H31NO2/c1-4-14-32(15-5-1)33-26-28-36(29-27-33)49(42-31-30-38(35-18-8-3-9-19-35)48-45(42)41-20-10-11-25-44(41)50-48)43-24-13-23-40-39-22-12-21-37(46(39)51-47(40)43)34-16-6-2-7-17-34/h1-31H. The van der Waals surface area contributed by atoms with E-state index in [-0.39, 0.29) is 0 Å². The van der Waals surface area contributed by atoms with Gasteiger partial charge in [0.05, 0.1) is 16.8 Å². The summed E-state index contributed by atoms with van der Waals surface area (Å²) in [6, 6.07) is 65.9. The lowest BCUT2D eigenvalue weighted by molar-refractivity contribution is 0.669. The van der Waals surface area contributed by atoms with E-state index >= 15 is 0 Å². The Morgan fingerprint density at radius 2 is 0.863 bits per heavy atom. The molecule has 2 heterocycles. The largest absolute Gasteiger partial charge is 0.455 e. The number of anilines is 3. The molecule has 10 rings (SSSR count). The molecule has 3 heteroatoms. The van der Waals surface area contributed by atoms with Gasteiger partial charge >= 0.3 is 0 Å². The number of nitrogens with zero attached hydrogens (tertiary/aromatic N) is 1. The van der Waals surface area contributed by atoms with Gasteiger partial charge in [0.2, 0.25) is 0 Å². The molecular weight excluding hydrogens is 623 g/mol. The average molecular weight is 654 g/mol. The molecule has 8 aromatic carbocycles. The first-order chi connectivity index (χ1) is 25.3. The molecule has 240 valence electrons. The van der Waals surface area contributed by atoms with Crippen molar-refractivity contribution in [1.29, 1.82) is 0 Å². The Morgan fingerprint density at radius 1 is 0.314 bits per heavy atom. The highest BCUT2D eigenvalue weighted by atomic mass is 16.3. The molecule has 0 N–H and O–H groups in total. The van der Waals surface area contributed by atoms with E-state index < -0.39 is 0 Å². The number of fused-ring (bicyclic) bond motifs is 6. The molecular formula is C48H31NO2. The lowest BCUT2D eigenvalue weighted by atomic mass is 9.99.